The van der Waals surface area contributed by atoms with Crippen LogP contribution in [0.5, 0.6) is 0 Å². The number of aliphatic carboxylic acids is 1. The van der Waals surface area contributed by atoms with E-state index in [0.29, 0.717) is 0 Å². The van der Waals surface area contributed by atoms with Crippen LogP contribution in [0.1, 0.15) is 27.2 Å². The SMILES string of the molecule is CC(C)(C)OC(=O)N1C[C@@H](O)CC1C(=O)O. The van der Waals surface area contributed by atoms with Gasteiger partial charge in [0.15, 0.2) is 0 Å². The smallest absolute Gasteiger partial charge is 0.411 e. The Labute approximate surface area is 93.8 Å². The minimum atomic E-state index is -1.12. The van der Waals surface area contributed by atoms with Crippen molar-refractivity contribution in [3.8, 4) is 0 Å². The number of β-amino-alcohol motifs (C(OH)–C–C–N with tert-alkyl or cyclic N) is 1. The lowest BCUT2D eigenvalue weighted by Gasteiger charge is -2.26. The largest absolute Gasteiger partial charge is 0.480 e. The van der Waals surface area contributed by atoms with Crippen molar-refractivity contribution in [3.05, 3.63) is 0 Å². The highest BCUT2D eigenvalue weighted by atomic mass is 16.6. The normalized spacial score (nSPS) is 25.6. The summed E-state index contributed by atoms with van der Waals surface area (Å²) < 4.78 is 5.06. The average molecular weight is 231 g/mol. The Kier molecular flexibility index (Phi) is 3.42. The summed E-state index contributed by atoms with van der Waals surface area (Å²) in [4.78, 5) is 23.6. The molecular formula is C10H17NO5. The van der Waals surface area contributed by atoms with Crippen LogP contribution in [0.15, 0.2) is 0 Å². The molecule has 0 aromatic rings. The van der Waals surface area contributed by atoms with Crippen LogP contribution in [0.3, 0.4) is 0 Å². The first-order valence-electron chi connectivity index (χ1n) is 5.11. The maximum atomic E-state index is 11.7. The highest BCUT2D eigenvalue weighted by Gasteiger charge is 2.40. The van der Waals surface area contributed by atoms with Crippen molar-refractivity contribution in [2.75, 3.05) is 6.54 Å². The van der Waals surface area contributed by atoms with Crippen molar-refractivity contribution in [1.82, 2.24) is 4.90 Å². The molecule has 6 heteroatoms. The van der Waals surface area contributed by atoms with Gasteiger partial charge >= 0.3 is 12.1 Å². The number of hydrogen-bond donors (Lipinski definition) is 2. The lowest BCUT2D eigenvalue weighted by atomic mass is 10.2. The molecule has 0 aliphatic carbocycles. The van der Waals surface area contributed by atoms with E-state index in [2.05, 4.69) is 0 Å². The maximum absolute atomic E-state index is 11.7. The summed E-state index contributed by atoms with van der Waals surface area (Å²) in [5.74, 6) is -1.12. The molecule has 6 nitrogen and oxygen atoms in total. The van der Waals surface area contributed by atoms with Gasteiger partial charge in [-0.15, -0.1) is 0 Å². The number of nitrogens with zero attached hydrogens (tertiary/aromatic N) is 1. The molecule has 1 heterocycles. The van der Waals surface area contributed by atoms with Crippen LogP contribution in [0.2, 0.25) is 0 Å². The maximum Gasteiger partial charge on any atom is 0.411 e. The number of ether oxygens (including phenoxy) is 1. The Morgan fingerprint density at radius 1 is 1.38 bits per heavy atom. The van der Waals surface area contributed by atoms with Gasteiger partial charge in [-0.25, -0.2) is 9.59 Å². The highest BCUT2D eigenvalue weighted by molar-refractivity contribution is 5.81. The molecule has 0 bridgehead atoms. The summed E-state index contributed by atoms with van der Waals surface area (Å²) in [5, 5.41) is 18.2. The van der Waals surface area contributed by atoms with Crippen LogP contribution < -0.4 is 0 Å². The number of carboxylic acids is 1. The summed E-state index contributed by atoms with van der Waals surface area (Å²) in [6.45, 7) is 5.11. The van der Waals surface area contributed by atoms with E-state index in [0.717, 1.165) is 4.90 Å². The van der Waals surface area contributed by atoms with Gasteiger partial charge in [0.05, 0.1) is 12.6 Å². The van der Waals surface area contributed by atoms with E-state index in [1.807, 2.05) is 0 Å². The summed E-state index contributed by atoms with van der Waals surface area (Å²) in [7, 11) is 0. The molecule has 1 rings (SSSR count). The Balaban J connectivity index is 2.71. The fraction of sp³-hybridized carbons (Fsp3) is 0.800. The molecule has 16 heavy (non-hydrogen) atoms. The first-order valence-corrected chi connectivity index (χ1v) is 5.11. The molecule has 0 spiro atoms. The third-order valence-electron chi connectivity index (χ3n) is 2.19. The number of aliphatic hydroxyl groups excluding tert-OH is 1. The molecule has 0 aromatic heterocycles. The summed E-state index contributed by atoms with van der Waals surface area (Å²) in [5.41, 5.74) is -0.673. The second-order valence-electron chi connectivity index (χ2n) is 4.88. The highest BCUT2D eigenvalue weighted by Crippen LogP contribution is 2.21. The molecule has 0 saturated carbocycles. The number of hydrogen-bond acceptors (Lipinski definition) is 4. The Morgan fingerprint density at radius 2 is 1.94 bits per heavy atom. The van der Waals surface area contributed by atoms with Crippen LogP contribution >= 0.6 is 0 Å². The lowest BCUT2D eigenvalue weighted by Crippen LogP contribution is -2.43. The van der Waals surface area contributed by atoms with Crippen LogP contribution in [-0.2, 0) is 9.53 Å². The number of aliphatic hydroxyl groups is 1. The van der Waals surface area contributed by atoms with E-state index in [-0.39, 0.29) is 13.0 Å². The van der Waals surface area contributed by atoms with E-state index in [4.69, 9.17) is 9.84 Å². The van der Waals surface area contributed by atoms with Gasteiger partial charge in [-0.05, 0) is 20.8 Å². The van der Waals surface area contributed by atoms with E-state index >= 15 is 0 Å². The van der Waals surface area contributed by atoms with Crippen LogP contribution in [0.25, 0.3) is 0 Å². The van der Waals surface area contributed by atoms with Gasteiger partial charge < -0.3 is 14.9 Å². The van der Waals surface area contributed by atoms with Gasteiger partial charge in [0.1, 0.15) is 11.6 Å². The fourth-order valence-electron chi connectivity index (χ4n) is 1.57. The zero-order valence-corrected chi connectivity index (χ0v) is 9.64. The number of carbonyl (C=O) groups is 2. The van der Waals surface area contributed by atoms with Crippen molar-refractivity contribution in [3.63, 3.8) is 0 Å². The monoisotopic (exact) mass is 231 g/mol. The standard InChI is InChI=1S/C10H17NO5/c1-10(2,3)16-9(15)11-5-6(12)4-7(11)8(13)14/h6-7,12H,4-5H2,1-3H3,(H,13,14)/t6-,7?/m0/s1. The number of carboxylic acid groups (broad SMARTS) is 1. The van der Waals surface area contributed by atoms with E-state index < -0.39 is 29.8 Å². The van der Waals surface area contributed by atoms with E-state index in [1.165, 1.54) is 0 Å². The second-order valence-corrected chi connectivity index (χ2v) is 4.88. The Hall–Kier alpha value is -1.30. The predicted molar refractivity (Wildman–Crippen MR) is 55.0 cm³/mol. The lowest BCUT2D eigenvalue weighted by molar-refractivity contribution is -0.142. The molecule has 1 aliphatic rings. The number of likely N-dealkylation sites (tertiary alicyclic amines) is 1. The zero-order chi connectivity index (χ0) is 12.5. The van der Waals surface area contributed by atoms with Crippen molar-refractivity contribution < 1.29 is 24.5 Å². The third-order valence-corrected chi connectivity index (χ3v) is 2.19. The van der Waals surface area contributed by atoms with Crippen molar-refractivity contribution >= 4 is 12.1 Å². The molecule has 2 atom stereocenters. The molecule has 0 aromatic carbocycles. The van der Waals surface area contributed by atoms with Crippen LogP contribution in [0, 0.1) is 0 Å². The summed E-state index contributed by atoms with van der Waals surface area (Å²) in [6, 6.07) is -0.996. The molecule has 1 saturated heterocycles. The van der Waals surface area contributed by atoms with Crippen molar-refractivity contribution in [2.24, 2.45) is 0 Å². The van der Waals surface area contributed by atoms with Crippen LogP contribution in [-0.4, -0.2) is 51.5 Å². The zero-order valence-electron chi connectivity index (χ0n) is 9.64. The summed E-state index contributed by atoms with van der Waals surface area (Å²) in [6.07, 6.45) is -1.45. The number of rotatable bonds is 1. The quantitative estimate of drug-likeness (QED) is 0.683. The van der Waals surface area contributed by atoms with Gasteiger partial charge in [0.2, 0.25) is 0 Å². The molecule has 1 amide bonds. The molecule has 1 fully saturated rings. The van der Waals surface area contributed by atoms with Gasteiger partial charge in [-0.1, -0.05) is 0 Å². The predicted octanol–water partition coefficient (Wildman–Crippen LogP) is 0.441. The van der Waals surface area contributed by atoms with Gasteiger partial charge in [0, 0.05) is 6.42 Å². The van der Waals surface area contributed by atoms with E-state index in [1.54, 1.807) is 20.8 Å². The molecule has 2 N–H and O–H groups in total. The topological polar surface area (TPSA) is 87.1 Å². The first-order chi connectivity index (χ1) is 7.20. The fourth-order valence-corrected chi connectivity index (χ4v) is 1.57. The number of amides is 1. The third kappa shape index (κ3) is 3.10. The average Bonchev–Trinajstić information content (AvgIpc) is 2.44. The van der Waals surface area contributed by atoms with Crippen molar-refractivity contribution in [2.45, 2.75) is 44.9 Å². The van der Waals surface area contributed by atoms with Crippen molar-refractivity contribution in [1.29, 1.82) is 0 Å². The number of carbonyl (C=O) groups excluding carboxylic acids is 1. The molecule has 1 unspecified atom stereocenters. The second kappa shape index (κ2) is 4.29. The van der Waals surface area contributed by atoms with Gasteiger partial charge in [-0.2, -0.15) is 0 Å². The van der Waals surface area contributed by atoms with E-state index in [9.17, 15) is 14.7 Å². The molecule has 1 aliphatic heterocycles. The Bertz CT molecular complexity index is 296. The van der Waals surface area contributed by atoms with Gasteiger partial charge in [0.25, 0.3) is 0 Å². The van der Waals surface area contributed by atoms with Gasteiger partial charge in [-0.3, -0.25) is 4.90 Å². The summed E-state index contributed by atoms with van der Waals surface area (Å²) >= 11 is 0. The minimum Gasteiger partial charge on any atom is -0.480 e. The Morgan fingerprint density at radius 3 is 2.38 bits per heavy atom. The molecular weight excluding hydrogens is 214 g/mol. The molecule has 0 radical (unpaired) electrons. The molecule has 92 valence electrons. The van der Waals surface area contributed by atoms with Crippen LogP contribution in [0.4, 0.5) is 4.79 Å². The first kappa shape index (κ1) is 12.8. The minimum absolute atomic E-state index is 0.00583.